The molecule has 1 fully saturated rings. The minimum atomic E-state index is -0.366. The minimum Gasteiger partial charge on any atom is -0.371 e. The number of hydrogen-bond donors (Lipinski definition) is 0. The van der Waals surface area contributed by atoms with Crippen molar-refractivity contribution in [3.8, 4) is 0 Å². The van der Waals surface area contributed by atoms with E-state index in [1.54, 1.807) is 12.3 Å². The van der Waals surface area contributed by atoms with Gasteiger partial charge in [0.05, 0.1) is 4.92 Å². The Morgan fingerprint density at radius 3 is 2.68 bits per heavy atom. The predicted octanol–water partition coefficient (Wildman–Crippen LogP) is 3.13. The van der Waals surface area contributed by atoms with Crippen LogP contribution in [0.4, 0.5) is 11.4 Å². The molecular weight excluding hydrogens is 242 g/mol. The summed E-state index contributed by atoms with van der Waals surface area (Å²) in [6.45, 7) is 2.03. The minimum absolute atomic E-state index is 0.0800. The van der Waals surface area contributed by atoms with E-state index in [-0.39, 0.29) is 10.6 Å². The van der Waals surface area contributed by atoms with Crippen LogP contribution in [-0.2, 0) is 0 Å². The fraction of sp³-hybridized carbons (Fsp3) is 0.357. The van der Waals surface area contributed by atoms with Crippen LogP contribution in [-0.4, -0.2) is 23.0 Å². The second-order valence-corrected chi connectivity index (χ2v) is 4.81. The molecular formula is C14H15N3O2. The summed E-state index contributed by atoms with van der Waals surface area (Å²) in [7, 11) is 0. The topological polar surface area (TPSA) is 59.3 Å². The summed E-state index contributed by atoms with van der Waals surface area (Å²) < 4.78 is 0. The highest BCUT2D eigenvalue weighted by molar-refractivity contribution is 5.96. The first-order chi connectivity index (χ1) is 9.27. The highest BCUT2D eigenvalue weighted by atomic mass is 16.6. The van der Waals surface area contributed by atoms with E-state index in [2.05, 4.69) is 9.88 Å². The number of nitro benzene ring substituents is 1. The van der Waals surface area contributed by atoms with Crippen molar-refractivity contribution in [1.29, 1.82) is 0 Å². The number of pyridine rings is 1. The van der Waals surface area contributed by atoms with Gasteiger partial charge in [-0.25, -0.2) is 4.98 Å². The van der Waals surface area contributed by atoms with Gasteiger partial charge in [-0.15, -0.1) is 0 Å². The standard InChI is InChI=1S/C14H15N3O2/c18-17(19)13-6-4-5-11-12(7-8-15-14(11)13)16-9-2-1-3-10-16/h4-8H,1-3,9-10H2. The number of nitro groups is 1. The summed E-state index contributed by atoms with van der Waals surface area (Å²) in [5, 5.41) is 11.9. The van der Waals surface area contributed by atoms with Crippen molar-refractivity contribution in [2.24, 2.45) is 0 Å². The molecule has 0 N–H and O–H groups in total. The molecule has 0 atom stereocenters. The Morgan fingerprint density at radius 2 is 1.95 bits per heavy atom. The van der Waals surface area contributed by atoms with Gasteiger partial charge in [-0.05, 0) is 25.3 Å². The number of anilines is 1. The van der Waals surface area contributed by atoms with E-state index in [0.717, 1.165) is 24.2 Å². The molecule has 1 aliphatic rings. The second kappa shape index (κ2) is 4.84. The Hall–Kier alpha value is -2.17. The molecule has 0 radical (unpaired) electrons. The first-order valence-corrected chi connectivity index (χ1v) is 6.54. The van der Waals surface area contributed by atoms with Crippen LogP contribution in [0.1, 0.15) is 19.3 Å². The molecule has 3 rings (SSSR count). The molecule has 2 heterocycles. The van der Waals surface area contributed by atoms with Crippen molar-refractivity contribution in [2.75, 3.05) is 18.0 Å². The van der Waals surface area contributed by atoms with Crippen molar-refractivity contribution in [1.82, 2.24) is 4.98 Å². The van der Waals surface area contributed by atoms with Gasteiger partial charge < -0.3 is 4.90 Å². The molecule has 0 saturated carbocycles. The van der Waals surface area contributed by atoms with Gasteiger partial charge in [0.2, 0.25) is 0 Å². The van der Waals surface area contributed by atoms with E-state index in [1.165, 1.54) is 25.3 Å². The molecule has 1 saturated heterocycles. The van der Waals surface area contributed by atoms with Crippen molar-refractivity contribution in [3.05, 3.63) is 40.6 Å². The number of fused-ring (bicyclic) bond motifs is 1. The van der Waals surface area contributed by atoms with Crippen molar-refractivity contribution in [2.45, 2.75) is 19.3 Å². The van der Waals surface area contributed by atoms with Gasteiger partial charge in [0.15, 0.2) is 0 Å². The number of hydrogen-bond acceptors (Lipinski definition) is 4. The van der Waals surface area contributed by atoms with Crippen LogP contribution >= 0.6 is 0 Å². The van der Waals surface area contributed by atoms with Gasteiger partial charge in [-0.1, -0.05) is 12.1 Å². The van der Waals surface area contributed by atoms with E-state index in [4.69, 9.17) is 0 Å². The molecule has 5 nitrogen and oxygen atoms in total. The lowest BCUT2D eigenvalue weighted by atomic mass is 10.1. The largest absolute Gasteiger partial charge is 0.371 e. The van der Waals surface area contributed by atoms with Gasteiger partial charge in [-0.3, -0.25) is 10.1 Å². The maximum absolute atomic E-state index is 11.1. The van der Waals surface area contributed by atoms with Crippen LogP contribution in [0.2, 0.25) is 0 Å². The fourth-order valence-corrected chi connectivity index (χ4v) is 2.70. The average molecular weight is 257 g/mol. The molecule has 5 heteroatoms. The lowest BCUT2D eigenvalue weighted by Crippen LogP contribution is -2.29. The number of para-hydroxylation sites is 1. The maximum atomic E-state index is 11.1. The SMILES string of the molecule is O=[N+]([O-])c1cccc2c(N3CCCCC3)ccnc12. The quantitative estimate of drug-likeness (QED) is 0.612. The molecule has 98 valence electrons. The van der Waals surface area contributed by atoms with E-state index in [1.807, 2.05) is 12.1 Å². The zero-order valence-electron chi connectivity index (χ0n) is 10.6. The predicted molar refractivity (Wildman–Crippen MR) is 74.5 cm³/mol. The first-order valence-electron chi connectivity index (χ1n) is 6.54. The van der Waals surface area contributed by atoms with E-state index >= 15 is 0 Å². The summed E-state index contributed by atoms with van der Waals surface area (Å²) in [5.74, 6) is 0. The average Bonchev–Trinajstić information content (AvgIpc) is 2.46. The third kappa shape index (κ3) is 2.12. The van der Waals surface area contributed by atoms with Gasteiger partial charge in [0, 0.05) is 36.4 Å². The monoisotopic (exact) mass is 257 g/mol. The van der Waals surface area contributed by atoms with E-state index < -0.39 is 0 Å². The highest BCUT2D eigenvalue weighted by Crippen LogP contribution is 2.32. The summed E-state index contributed by atoms with van der Waals surface area (Å²) >= 11 is 0. The lowest BCUT2D eigenvalue weighted by Gasteiger charge is -2.29. The summed E-state index contributed by atoms with van der Waals surface area (Å²) in [6, 6.07) is 7.11. The van der Waals surface area contributed by atoms with Crippen LogP contribution in [0.5, 0.6) is 0 Å². The van der Waals surface area contributed by atoms with E-state index in [0.29, 0.717) is 5.52 Å². The number of nitrogens with zero attached hydrogens (tertiary/aromatic N) is 3. The van der Waals surface area contributed by atoms with Crippen LogP contribution in [0.15, 0.2) is 30.5 Å². The van der Waals surface area contributed by atoms with Gasteiger partial charge in [-0.2, -0.15) is 0 Å². The molecule has 2 aromatic rings. The highest BCUT2D eigenvalue weighted by Gasteiger charge is 2.18. The molecule has 1 aliphatic heterocycles. The van der Waals surface area contributed by atoms with Crippen molar-refractivity contribution in [3.63, 3.8) is 0 Å². The molecule has 1 aromatic heterocycles. The first kappa shape index (κ1) is 11.9. The molecule has 19 heavy (non-hydrogen) atoms. The summed E-state index contributed by atoms with van der Waals surface area (Å²) in [4.78, 5) is 17.2. The molecule has 0 unspecified atom stereocenters. The molecule has 0 aliphatic carbocycles. The fourth-order valence-electron chi connectivity index (χ4n) is 2.70. The Balaban J connectivity index is 2.15. The maximum Gasteiger partial charge on any atom is 0.295 e. The van der Waals surface area contributed by atoms with Crippen LogP contribution in [0.3, 0.4) is 0 Å². The van der Waals surface area contributed by atoms with Gasteiger partial charge in [0.1, 0.15) is 5.52 Å². The molecule has 1 aromatic carbocycles. The van der Waals surface area contributed by atoms with Crippen LogP contribution < -0.4 is 4.90 Å². The third-order valence-corrected chi connectivity index (χ3v) is 3.62. The number of rotatable bonds is 2. The molecule has 0 spiro atoms. The Morgan fingerprint density at radius 1 is 1.16 bits per heavy atom. The second-order valence-electron chi connectivity index (χ2n) is 4.81. The van der Waals surface area contributed by atoms with Crippen LogP contribution in [0, 0.1) is 10.1 Å². The number of aromatic nitrogens is 1. The Bertz CT molecular complexity index is 621. The third-order valence-electron chi connectivity index (χ3n) is 3.62. The Kier molecular flexibility index (Phi) is 3.03. The molecule has 0 bridgehead atoms. The van der Waals surface area contributed by atoms with Crippen molar-refractivity contribution >= 4 is 22.3 Å². The molecule has 0 amide bonds. The number of non-ortho nitro benzene ring substituents is 1. The summed E-state index contributed by atoms with van der Waals surface area (Å²) in [5.41, 5.74) is 1.63. The van der Waals surface area contributed by atoms with Crippen LogP contribution in [0.25, 0.3) is 10.9 Å². The van der Waals surface area contributed by atoms with Gasteiger partial charge in [0.25, 0.3) is 5.69 Å². The number of benzene rings is 1. The summed E-state index contributed by atoms with van der Waals surface area (Å²) in [6.07, 6.45) is 5.29. The zero-order chi connectivity index (χ0) is 13.2. The van der Waals surface area contributed by atoms with Crippen molar-refractivity contribution < 1.29 is 4.92 Å². The Labute approximate surface area is 111 Å². The number of piperidine rings is 1. The normalized spacial score (nSPS) is 15.7. The smallest absolute Gasteiger partial charge is 0.295 e. The zero-order valence-corrected chi connectivity index (χ0v) is 10.6. The van der Waals surface area contributed by atoms with E-state index in [9.17, 15) is 10.1 Å². The lowest BCUT2D eigenvalue weighted by molar-refractivity contribution is -0.383. The van der Waals surface area contributed by atoms with Gasteiger partial charge >= 0.3 is 0 Å².